The lowest BCUT2D eigenvalue weighted by Gasteiger charge is -2.13. The van der Waals surface area contributed by atoms with Crippen molar-refractivity contribution in [3.8, 4) is 0 Å². The molecule has 0 heterocycles. The van der Waals surface area contributed by atoms with E-state index in [1.165, 1.54) is 18.2 Å². The summed E-state index contributed by atoms with van der Waals surface area (Å²) in [6.07, 6.45) is 0. The molecular formula is C16H15ClFNO. The van der Waals surface area contributed by atoms with Crippen molar-refractivity contribution in [2.75, 3.05) is 6.54 Å². The third kappa shape index (κ3) is 3.36. The molecule has 20 heavy (non-hydrogen) atoms. The summed E-state index contributed by atoms with van der Waals surface area (Å²) in [4.78, 5) is 12.0. The van der Waals surface area contributed by atoms with Gasteiger partial charge in [-0.05, 0) is 23.6 Å². The Morgan fingerprint density at radius 2 is 1.90 bits per heavy atom. The first-order valence-corrected chi connectivity index (χ1v) is 6.74. The van der Waals surface area contributed by atoms with E-state index in [1.54, 1.807) is 0 Å². The molecule has 1 N–H and O–H groups in total. The maximum absolute atomic E-state index is 13.6. The van der Waals surface area contributed by atoms with Crippen LogP contribution in [0.5, 0.6) is 0 Å². The van der Waals surface area contributed by atoms with Crippen LogP contribution in [0.1, 0.15) is 28.8 Å². The summed E-state index contributed by atoms with van der Waals surface area (Å²) in [5.74, 6) is -0.955. The summed E-state index contributed by atoms with van der Waals surface area (Å²) in [6, 6.07) is 14.0. The van der Waals surface area contributed by atoms with Crippen LogP contribution in [0.25, 0.3) is 0 Å². The van der Waals surface area contributed by atoms with E-state index in [0.29, 0.717) is 6.54 Å². The second-order valence-electron chi connectivity index (χ2n) is 4.62. The van der Waals surface area contributed by atoms with Crippen LogP contribution in [-0.2, 0) is 0 Å². The zero-order valence-corrected chi connectivity index (χ0v) is 11.8. The predicted molar refractivity (Wildman–Crippen MR) is 78.6 cm³/mol. The van der Waals surface area contributed by atoms with Crippen LogP contribution in [0.4, 0.5) is 4.39 Å². The molecule has 0 aliphatic carbocycles. The van der Waals surface area contributed by atoms with E-state index in [1.807, 2.05) is 37.3 Å². The Hall–Kier alpha value is -1.87. The van der Waals surface area contributed by atoms with E-state index in [-0.39, 0.29) is 16.5 Å². The Labute approximate surface area is 122 Å². The molecule has 0 aliphatic heterocycles. The van der Waals surface area contributed by atoms with Gasteiger partial charge >= 0.3 is 0 Å². The fraction of sp³-hybridized carbons (Fsp3) is 0.188. The van der Waals surface area contributed by atoms with Crippen molar-refractivity contribution in [1.82, 2.24) is 5.32 Å². The molecule has 0 spiro atoms. The molecular weight excluding hydrogens is 277 g/mol. The molecule has 1 unspecified atom stereocenters. The molecule has 2 rings (SSSR count). The van der Waals surface area contributed by atoms with Crippen molar-refractivity contribution < 1.29 is 9.18 Å². The number of nitrogens with one attached hydrogen (secondary N) is 1. The van der Waals surface area contributed by atoms with Gasteiger partial charge in [-0.25, -0.2) is 4.39 Å². The van der Waals surface area contributed by atoms with Crippen LogP contribution in [0.3, 0.4) is 0 Å². The van der Waals surface area contributed by atoms with Crippen molar-refractivity contribution >= 4 is 17.5 Å². The lowest BCUT2D eigenvalue weighted by atomic mass is 10.0. The number of hydrogen-bond acceptors (Lipinski definition) is 1. The van der Waals surface area contributed by atoms with Crippen molar-refractivity contribution in [2.45, 2.75) is 12.8 Å². The molecule has 2 aromatic carbocycles. The zero-order valence-electron chi connectivity index (χ0n) is 11.1. The number of benzene rings is 2. The van der Waals surface area contributed by atoms with E-state index in [0.717, 1.165) is 5.56 Å². The highest BCUT2D eigenvalue weighted by atomic mass is 35.5. The highest BCUT2D eigenvalue weighted by Crippen LogP contribution is 2.19. The van der Waals surface area contributed by atoms with Gasteiger partial charge in [0.15, 0.2) is 0 Å². The van der Waals surface area contributed by atoms with E-state index in [4.69, 9.17) is 11.6 Å². The third-order valence-electron chi connectivity index (χ3n) is 3.13. The second-order valence-corrected chi connectivity index (χ2v) is 5.03. The summed E-state index contributed by atoms with van der Waals surface area (Å²) in [5.41, 5.74) is 1.02. The summed E-state index contributed by atoms with van der Waals surface area (Å²) < 4.78 is 13.6. The first-order valence-electron chi connectivity index (χ1n) is 6.36. The molecule has 0 aliphatic rings. The Kier molecular flexibility index (Phi) is 4.74. The van der Waals surface area contributed by atoms with Gasteiger partial charge in [-0.15, -0.1) is 0 Å². The number of rotatable bonds is 4. The molecule has 0 radical (unpaired) electrons. The molecule has 104 valence electrons. The lowest BCUT2D eigenvalue weighted by Crippen LogP contribution is -2.28. The molecule has 1 amide bonds. The highest BCUT2D eigenvalue weighted by molar-refractivity contribution is 6.33. The van der Waals surface area contributed by atoms with E-state index < -0.39 is 11.7 Å². The van der Waals surface area contributed by atoms with E-state index >= 15 is 0 Å². The first kappa shape index (κ1) is 14.5. The minimum atomic E-state index is -0.609. The summed E-state index contributed by atoms with van der Waals surface area (Å²) in [6.45, 7) is 2.42. The number of carbonyl (C=O) groups excluding carboxylic acids is 1. The lowest BCUT2D eigenvalue weighted by molar-refractivity contribution is 0.0948. The van der Waals surface area contributed by atoms with Crippen LogP contribution in [0, 0.1) is 5.82 Å². The van der Waals surface area contributed by atoms with E-state index in [2.05, 4.69) is 5.32 Å². The number of carbonyl (C=O) groups is 1. The Morgan fingerprint density at radius 1 is 1.20 bits per heavy atom. The molecule has 1 atom stereocenters. The quantitative estimate of drug-likeness (QED) is 0.906. The van der Waals surface area contributed by atoms with Crippen molar-refractivity contribution in [2.24, 2.45) is 0 Å². The fourth-order valence-corrected chi connectivity index (χ4v) is 2.20. The van der Waals surface area contributed by atoms with Crippen LogP contribution in [0.2, 0.25) is 5.02 Å². The Bertz CT molecular complexity index is 580. The van der Waals surface area contributed by atoms with E-state index in [9.17, 15) is 9.18 Å². The fourth-order valence-electron chi connectivity index (χ4n) is 1.95. The molecule has 0 saturated heterocycles. The van der Waals surface area contributed by atoms with Gasteiger partial charge in [0, 0.05) is 6.54 Å². The van der Waals surface area contributed by atoms with Crippen molar-refractivity contribution in [1.29, 1.82) is 0 Å². The molecule has 0 fully saturated rings. The van der Waals surface area contributed by atoms with Crippen LogP contribution in [-0.4, -0.2) is 12.5 Å². The predicted octanol–water partition coefficient (Wildman–Crippen LogP) is 4.01. The van der Waals surface area contributed by atoms with Gasteiger partial charge in [0.1, 0.15) is 5.82 Å². The van der Waals surface area contributed by atoms with Crippen molar-refractivity contribution in [3.63, 3.8) is 0 Å². The van der Waals surface area contributed by atoms with Crippen LogP contribution < -0.4 is 5.32 Å². The van der Waals surface area contributed by atoms with Crippen molar-refractivity contribution in [3.05, 3.63) is 70.5 Å². The maximum atomic E-state index is 13.6. The van der Waals surface area contributed by atoms with Gasteiger partial charge < -0.3 is 5.32 Å². The highest BCUT2D eigenvalue weighted by Gasteiger charge is 2.16. The zero-order chi connectivity index (χ0) is 14.5. The smallest absolute Gasteiger partial charge is 0.255 e. The van der Waals surface area contributed by atoms with Crippen LogP contribution in [0.15, 0.2) is 48.5 Å². The number of hydrogen-bond donors (Lipinski definition) is 1. The van der Waals surface area contributed by atoms with Crippen LogP contribution >= 0.6 is 11.6 Å². The summed E-state index contributed by atoms with van der Waals surface area (Å²) in [7, 11) is 0. The van der Waals surface area contributed by atoms with Gasteiger partial charge in [0.25, 0.3) is 5.91 Å². The molecule has 0 bridgehead atoms. The number of halogens is 2. The standard InChI is InChI=1S/C16H15ClFNO/c1-11(12-6-3-2-4-7-12)10-19-16(20)15-13(17)8-5-9-14(15)18/h2-9,11H,10H2,1H3,(H,19,20). The van der Waals surface area contributed by atoms with Gasteiger partial charge in [-0.3, -0.25) is 4.79 Å². The summed E-state index contributed by atoms with van der Waals surface area (Å²) in [5, 5.41) is 2.84. The minimum Gasteiger partial charge on any atom is -0.351 e. The first-order chi connectivity index (χ1) is 9.59. The average Bonchev–Trinajstić information content (AvgIpc) is 2.45. The normalized spacial score (nSPS) is 11.9. The number of amides is 1. The topological polar surface area (TPSA) is 29.1 Å². The SMILES string of the molecule is CC(CNC(=O)c1c(F)cccc1Cl)c1ccccc1. The van der Waals surface area contributed by atoms with Gasteiger partial charge in [0.05, 0.1) is 10.6 Å². The van der Waals surface area contributed by atoms with Gasteiger partial charge in [-0.1, -0.05) is 54.9 Å². The molecule has 0 aromatic heterocycles. The third-order valence-corrected chi connectivity index (χ3v) is 3.44. The van der Waals surface area contributed by atoms with Gasteiger partial charge in [0.2, 0.25) is 0 Å². The minimum absolute atomic E-state index is 0.102. The molecule has 2 aromatic rings. The average molecular weight is 292 g/mol. The molecule has 4 heteroatoms. The largest absolute Gasteiger partial charge is 0.351 e. The molecule has 2 nitrogen and oxygen atoms in total. The summed E-state index contributed by atoms with van der Waals surface area (Å²) >= 11 is 5.86. The Balaban J connectivity index is 2.03. The molecule has 0 saturated carbocycles. The second kappa shape index (κ2) is 6.53. The van der Waals surface area contributed by atoms with Gasteiger partial charge in [-0.2, -0.15) is 0 Å². The monoisotopic (exact) mass is 291 g/mol. The maximum Gasteiger partial charge on any atom is 0.255 e. The Morgan fingerprint density at radius 3 is 2.55 bits per heavy atom.